The van der Waals surface area contributed by atoms with Gasteiger partial charge in [-0.3, -0.25) is 4.79 Å². The minimum absolute atomic E-state index is 0.295. The van der Waals surface area contributed by atoms with Crippen LogP contribution in [0.5, 0.6) is 5.75 Å². The van der Waals surface area contributed by atoms with Crippen LogP contribution in [-0.4, -0.2) is 12.5 Å². The molecule has 3 nitrogen and oxygen atoms in total. The van der Waals surface area contributed by atoms with E-state index in [1.807, 2.05) is 0 Å². The molecule has 0 unspecified atom stereocenters. The zero-order valence-corrected chi connectivity index (χ0v) is 15.8. The van der Waals surface area contributed by atoms with E-state index in [0.29, 0.717) is 39.6 Å². The lowest BCUT2D eigenvalue weighted by molar-refractivity contribution is 0.102. The quantitative estimate of drug-likeness (QED) is 0.644. The van der Waals surface area contributed by atoms with Crippen LogP contribution in [-0.2, 0) is 0 Å². The fourth-order valence-corrected chi connectivity index (χ4v) is 2.80. The summed E-state index contributed by atoms with van der Waals surface area (Å²) in [4.78, 5) is 12.4. The summed E-state index contributed by atoms with van der Waals surface area (Å²) in [6.45, 7) is 4.76. The maximum Gasteiger partial charge on any atom is 0.255 e. The van der Waals surface area contributed by atoms with E-state index in [-0.39, 0.29) is 5.91 Å². The van der Waals surface area contributed by atoms with Gasteiger partial charge >= 0.3 is 0 Å². The first-order valence-corrected chi connectivity index (χ1v) is 8.61. The van der Waals surface area contributed by atoms with E-state index in [2.05, 4.69) is 35.1 Å². The Morgan fingerprint density at radius 1 is 1.22 bits per heavy atom. The summed E-state index contributed by atoms with van der Waals surface area (Å²) in [5.74, 6) is 0.828. The number of para-hydroxylation sites is 1. The van der Waals surface area contributed by atoms with E-state index in [1.54, 1.807) is 36.4 Å². The summed E-state index contributed by atoms with van der Waals surface area (Å²) in [5, 5.41) is 3.51. The number of carbonyl (C=O) groups excluding carboxylic acids is 1. The molecule has 0 fully saturated rings. The Hall–Kier alpha value is -1.23. The number of ether oxygens (including phenoxy) is 1. The van der Waals surface area contributed by atoms with Crippen LogP contribution in [0.4, 0.5) is 5.69 Å². The van der Waals surface area contributed by atoms with Gasteiger partial charge in [0.25, 0.3) is 5.91 Å². The van der Waals surface area contributed by atoms with Gasteiger partial charge in [0.15, 0.2) is 0 Å². The van der Waals surface area contributed by atoms with Gasteiger partial charge in [-0.1, -0.05) is 43.1 Å². The Morgan fingerprint density at radius 3 is 2.43 bits per heavy atom. The van der Waals surface area contributed by atoms with Gasteiger partial charge in [0.05, 0.1) is 26.8 Å². The zero-order valence-electron chi connectivity index (χ0n) is 12.7. The first-order valence-electron chi connectivity index (χ1n) is 7.06. The van der Waals surface area contributed by atoms with E-state index in [0.717, 1.165) is 4.47 Å². The molecule has 0 aromatic heterocycles. The van der Waals surface area contributed by atoms with Gasteiger partial charge in [0.1, 0.15) is 5.75 Å². The normalized spacial score (nSPS) is 10.7. The number of hydrogen-bond acceptors (Lipinski definition) is 2. The lowest BCUT2D eigenvalue weighted by Crippen LogP contribution is -2.13. The Balaban J connectivity index is 2.15. The first kappa shape index (κ1) is 18.1. The van der Waals surface area contributed by atoms with Crippen molar-refractivity contribution >= 4 is 50.7 Å². The highest BCUT2D eigenvalue weighted by molar-refractivity contribution is 9.10. The fraction of sp³-hybridized carbons (Fsp3) is 0.235. The molecule has 6 heteroatoms. The summed E-state index contributed by atoms with van der Waals surface area (Å²) < 4.78 is 6.39. The van der Waals surface area contributed by atoms with E-state index in [1.165, 1.54) is 0 Å². The molecule has 0 atom stereocenters. The second-order valence-electron chi connectivity index (χ2n) is 5.40. The van der Waals surface area contributed by atoms with Crippen LogP contribution in [0, 0.1) is 5.92 Å². The Kier molecular flexibility index (Phi) is 6.33. The second-order valence-corrected chi connectivity index (χ2v) is 7.07. The summed E-state index contributed by atoms with van der Waals surface area (Å²) >= 11 is 15.5. The summed E-state index contributed by atoms with van der Waals surface area (Å²) in [6.07, 6.45) is 0. The molecule has 0 aliphatic rings. The molecule has 23 heavy (non-hydrogen) atoms. The molecular formula is C17H16BrCl2NO2. The van der Waals surface area contributed by atoms with Crippen molar-refractivity contribution in [2.24, 2.45) is 5.92 Å². The Morgan fingerprint density at radius 2 is 1.87 bits per heavy atom. The molecule has 0 aliphatic carbocycles. The molecular weight excluding hydrogens is 401 g/mol. The van der Waals surface area contributed by atoms with E-state index in [4.69, 9.17) is 27.9 Å². The summed E-state index contributed by atoms with van der Waals surface area (Å²) in [7, 11) is 0. The van der Waals surface area contributed by atoms with Crippen molar-refractivity contribution in [3.63, 3.8) is 0 Å². The van der Waals surface area contributed by atoms with Crippen molar-refractivity contribution < 1.29 is 9.53 Å². The van der Waals surface area contributed by atoms with Gasteiger partial charge in [-0.25, -0.2) is 0 Å². The molecule has 0 bridgehead atoms. The average molecular weight is 417 g/mol. The van der Waals surface area contributed by atoms with Crippen molar-refractivity contribution in [2.45, 2.75) is 13.8 Å². The highest BCUT2D eigenvalue weighted by atomic mass is 79.9. The van der Waals surface area contributed by atoms with Crippen molar-refractivity contribution in [1.29, 1.82) is 0 Å². The number of hydrogen-bond donors (Lipinski definition) is 1. The molecule has 2 aromatic carbocycles. The number of benzene rings is 2. The SMILES string of the molecule is CC(C)COc1ccc(C(=O)Nc2c(Cl)cccc2Cl)cc1Br. The molecule has 0 heterocycles. The molecule has 2 rings (SSSR count). The predicted octanol–water partition coefficient (Wildman–Crippen LogP) is 6.04. The minimum Gasteiger partial charge on any atom is -0.492 e. The van der Waals surface area contributed by atoms with Crippen molar-refractivity contribution in [3.05, 3.63) is 56.5 Å². The van der Waals surface area contributed by atoms with Gasteiger partial charge in [-0.05, 0) is 52.2 Å². The largest absolute Gasteiger partial charge is 0.492 e. The first-order chi connectivity index (χ1) is 10.9. The predicted molar refractivity (Wildman–Crippen MR) is 98.9 cm³/mol. The van der Waals surface area contributed by atoms with Crippen LogP contribution < -0.4 is 10.1 Å². The molecule has 1 N–H and O–H groups in total. The highest BCUT2D eigenvalue weighted by Gasteiger charge is 2.13. The lowest BCUT2D eigenvalue weighted by atomic mass is 10.2. The third-order valence-electron chi connectivity index (χ3n) is 2.97. The number of rotatable bonds is 5. The lowest BCUT2D eigenvalue weighted by Gasteiger charge is -2.12. The van der Waals surface area contributed by atoms with Gasteiger partial charge in [-0.2, -0.15) is 0 Å². The topological polar surface area (TPSA) is 38.3 Å². The molecule has 122 valence electrons. The smallest absolute Gasteiger partial charge is 0.255 e. The maximum atomic E-state index is 12.4. The Bertz CT molecular complexity index is 699. The van der Waals surface area contributed by atoms with Crippen LogP contribution in [0.25, 0.3) is 0 Å². The monoisotopic (exact) mass is 415 g/mol. The maximum absolute atomic E-state index is 12.4. The number of amides is 1. The standard InChI is InChI=1S/C17H16BrCl2NO2/c1-10(2)9-23-15-7-6-11(8-12(15)18)17(22)21-16-13(19)4-3-5-14(16)20/h3-8,10H,9H2,1-2H3,(H,21,22). The molecule has 0 aliphatic heterocycles. The van der Waals surface area contributed by atoms with E-state index < -0.39 is 0 Å². The van der Waals surface area contributed by atoms with Gasteiger partial charge in [0.2, 0.25) is 0 Å². The van der Waals surface area contributed by atoms with Gasteiger partial charge in [-0.15, -0.1) is 0 Å². The highest BCUT2D eigenvalue weighted by Crippen LogP contribution is 2.31. The molecule has 1 amide bonds. The van der Waals surface area contributed by atoms with Crippen LogP contribution in [0.2, 0.25) is 10.0 Å². The van der Waals surface area contributed by atoms with Gasteiger partial charge < -0.3 is 10.1 Å². The third kappa shape index (κ3) is 4.87. The van der Waals surface area contributed by atoms with E-state index >= 15 is 0 Å². The fourth-order valence-electron chi connectivity index (χ4n) is 1.82. The van der Waals surface area contributed by atoms with Gasteiger partial charge in [0, 0.05) is 5.56 Å². The molecule has 2 aromatic rings. The van der Waals surface area contributed by atoms with Crippen molar-refractivity contribution in [2.75, 3.05) is 11.9 Å². The Labute approximate surface area is 154 Å². The number of halogens is 3. The molecule has 0 saturated heterocycles. The van der Waals surface area contributed by atoms with Crippen LogP contribution in [0.1, 0.15) is 24.2 Å². The average Bonchev–Trinajstić information content (AvgIpc) is 2.49. The van der Waals surface area contributed by atoms with Crippen LogP contribution in [0.3, 0.4) is 0 Å². The van der Waals surface area contributed by atoms with E-state index in [9.17, 15) is 4.79 Å². The van der Waals surface area contributed by atoms with Crippen LogP contribution in [0.15, 0.2) is 40.9 Å². The summed E-state index contributed by atoms with van der Waals surface area (Å²) in [6, 6.07) is 10.2. The zero-order chi connectivity index (χ0) is 17.0. The number of carbonyl (C=O) groups is 1. The van der Waals surface area contributed by atoms with Crippen molar-refractivity contribution in [3.8, 4) is 5.75 Å². The number of nitrogens with one attached hydrogen (secondary N) is 1. The van der Waals surface area contributed by atoms with Crippen LogP contribution >= 0.6 is 39.1 Å². The minimum atomic E-state index is -0.295. The number of anilines is 1. The van der Waals surface area contributed by atoms with Crippen molar-refractivity contribution in [1.82, 2.24) is 0 Å². The second kappa shape index (κ2) is 8.04. The summed E-state index contributed by atoms with van der Waals surface area (Å²) in [5.41, 5.74) is 0.877. The third-order valence-corrected chi connectivity index (χ3v) is 4.22. The molecule has 0 radical (unpaired) electrons. The molecule has 0 saturated carbocycles. The molecule has 0 spiro atoms.